The van der Waals surface area contributed by atoms with Gasteiger partial charge < -0.3 is 20.1 Å². The molecular formula is C29H33F3N10O2. The molecule has 232 valence electrons. The number of nitrogens with one attached hydrogen (secondary N) is 2. The van der Waals surface area contributed by atoms with Crippen molar-refractivity contribution >= 4 is 11.0 Å². The zero-order valence-electron chi connectivity index (χ0n) is 24.1. The molecule has 2 aliphatic rings. The number of halogens is 3. The Kier molecular flexibility index (Phi) is 8.23. The predicted molar refractivity (Wildman–Crippen MR) is 152 cm³/mol. The van der Waals surface area contributed by atoms with Crippen molar-refractivity contribution in [1.29, 1.82) is 5.26 Å². The van der Waals surface area contributed by atoms with E-state index in [4.69, 9.17) is 4.74 Å². The molecule has 12 nitrogen and oxygen atoms in total. The van der Waals surface area contributed by atoms with Crippen molar-refractivity contribution in [2.75, 3.05) is 19.7 Å². The van der Waals surface area contributed by atoms with Gasteiger partial charge in [-0.1, -0.05) is 0 Å². The van der Waals surface area contributed by atoms with E-state index in [0.29, 0.717) is 32.4 Å². The normalized spacial score (nSPS) is 21.1. The smallest absolute Gasteiger partial charge is 0.451 e. The predicted octanol–water partition coefficient (Wildman–Crippen LogP) is 3.42. The Morgan fingerprint density at radius 3 is 2.75 bits per heavy atom. The number of nitrogens with zero attached hydrogens (tertiary/aromatic N) is 8. The maximum Gasteiger partial charge on any atom is 0.451 e. The Balaban J connectivity index is 1.08. The van der Waals surface area contributed by atoms with Gasteiger partial charge in [-0.25, -0.2) is 15.0 Å². The molecule has 15 heteroatoms. The number of aliphatic hydroxyl groups is 1. The van der Waals surface area contributed by atoms with Crippen LogP contribution in [0.2, 0.25) is 0 Å². The molecule has 0 amide bonds. The summed E-state index contributed by atoms with van der Waals surface area (Å²) in [6, 6.07) is 5.66. The molecule has 6 rings (SSSR count). The molecule has 1 saturated carbocycles. The second-order valence-electron chi connectivity index (χ2n) is 11.6. The van der Waals surface area contributed by atoms with Gasteiger partial charge in [0.25, 0.3) is 0 Å². The van der Waals surface area contributed by atoms with E-state index in [1.807, 2.05) is 23.1 Å². The number of rotatable bonds is 10. The number of alkyl halides is 3. The van der Waals surface area contributed by atoms with Crippen molar-refractivity contribution in [2.45, 2.75) is 75.5 Å². The number of likely N-dealkylation sites (tertiary alicyclic amines) is 1. The van der Waals surface area contributed by atoms with Crippen LogP contribution in [0.4, 0.5) is 13.2 Å². The van der Waals surface area contributed by atoms with Crippen LogP contribution in [0.1, 0.15) is 50.5 Å². The number of hydrogen-bond acceptors (Lipinski definition) is 10. The molecule has 0 aromatic carbocycles. The van der Waals surface area contributed by atoms with E-state index in [-0.39, 0.29) is 42.9 Å². The summed E-state index contributed by atoms with van der Waals surface area (Å²) in [6.07, 6.45) is 5.33. The third-order valence-electron chi connectivity index (χ3n) is 8.46. The highest BCUT2D eigenvalue weighted by atomic mass is 19.4. The van der Waals surface area contributed by atoms with Gasteiger partial charge in [0.05, 0.1) is 36.7 Å². The van der Waals surface area contributed by atoms with E-state index in [2.05, 4.69) is 46.3 Å². The van der Waals surface area contributed by atoms with Crippen molar-refractivity contribution in [1.82, 2.24) is 44.9 Å². The monoisotopic (exact) mass is 610 g/mol. The summed E-state index contributed by atoms with van der Waals surface area (Å²) in [5, 5.41) is 27.3. The van der Waals surface area contributed by atoms with E-state index in [0.717, 1.165) is 35.1 Å². The molecule has 1 aliphatic carbocycles. The molecule has 3 N–H and O–H groups in total. The maximum atomic E-state index is 13.5. The number of ether oxygens (including phenoxy) is 1. The van der Waals surface area contributed by atoms with Gasteiger partial charge in [-0.3, -0.25) is 9.58 Å². The number of nitriles is 1. The van der Waals surface area contributed by atoms with Crippen LogP contribution in [-0.4, -0.2) is 82.6 Å². The molecule has 4 aromatic rings. The molecule has 5 heterocycles. The van der Waals surface area contributed by atoms with Gasteiger partial charge in [-0.15, -0.1) is 0 Å². The lowest BCUT2D eigenvalue weighted by molar-refractivity contribution is -0.145. The fourth-order valence-electron chi connectivity index (χ4n) is 6.05. The standard InChI is InChI=1S/C29H33F3N10O2/c1-18(14-43)35-12-20-10-24(40-27(39-20)29(30,31)32)44-22-4-2-21(3-5-22)41-15-28(16-41,7-8-33)42-13-19(11-38-42)25-23-6-9-34-26(23)37-17-36-25/h6,9-11,13,17-18,21-22,35,43H,2-5,7,12,14-16H2,1H3,(H,34,36,37)/t18-,21?,22?/m0/s1. The second-order valence-corrected chi connectivity index (χ2v) is 11.6. The third-order valence-corrected chi connectivity index (χ3v) is 8.46. The molecule has 0 radical (unpaired) electrons. The Bertz CT molecular complexity index is 1630. The summed E-state index contributed by atoms with van der Waals surface area (Å²) in [5.41, 5.74) is 2.07. The number of aromatic nitrogens is 7. The molecule has 44 heavy (non-hydrogen) atoms. The molecular weight excluding hydrogens is 577 g/mol. The summed E-state index contributed by atoms with van der Waals surface area (Å²) < 4.78 is 48.3. The van der Waals surface area contributed by atoms with E-state index in [9.17, 15) is 23.5 Å². The first kappa shape index (κ1) is 29.9. The Morgan fingerprint density at radius 1 is 1.23 bits per heavy atom. The van der Waals surface area contributed by atoms with Crippen LogP contribution >= 0.6 is 0 Å². The zero-order chi connectivity index (χ0) is 30.9. The second kappa shape index (κ2) is 12.1. The van der Waals surface area contributed by atoms with E-state index in [1.165, 1.54) is 12.4 Å². The average molecular weight is 611 g/mol. The molecule has 0 unspecified atom stereocenters. The van der Waals surface area contributed by atoms with Gasteiger partial charge in [0.2, 0.25) is 11.7 Å². The van der Waals surface area contributed by atoms with E-state index in [1.54, 1.807) is 13.1 Å². The highest BCUT2D eigenvalue weighted by Crippen LogP contribution is 2.39. The maximum absolute atomic E-state index is 13.5. The van der Waals surface area contributed by atoms with Crippen molar-refractivity contribution < 1.29 is 23.0 Å². The van der Waals surface area contributed by atoms with Gasteiger partial charge in [0, 0.05) is 61.1 Å². The Labute approximate surface area is 251 Å². The Hall–Kier alpha value is -4.13. The number of aromatic amines is 1. The lowest BCUT2D eigenvalue weighted by Crippen LogP contribution is -2.65. The van der Waals surface area contributed by atoms with Gasteiger partial charge in [0.1, 0.15) is 23.6 Å². The SMILES string of the molecule is C[C@@H](CO)NCc1cc(OC2CCC(N3CC(CC#N)(n4cc(-c5ncnc6[nH]ccc56)cn4)C3)CC2)nc(C(F)(F)F)n1. The first-order chi connectivity index (χ1) is 21.2. The summed E-state index contributed by atoms with van der Waals surface area (Å²) in [5.74, 6) is -1.35. The van der Waals surface area contributed by atoms with Crippen molar-refractivity contribution in [2.24, 2.45) is 0 Å². The van der Waals surface area contributed by atoms with Crippen LogP contribution in [0.15, 0.2) is 37.1 Å². The van der Waals surface area contributed by atoms with Crippen molar-refractivity contribution in [3.05, 3.63) is 48.6 Å². The molecule has 1 aliphatic heterocycles. The number of aliphatic hydroxyl groups excluding tert-OH is 1. The number of fused-ring (bicyclic) bond motifs is 1. The lowest BCUT2D eigenvalue weighted by Gasteiger charge is -2.53. The lowest BCUT2D eigenvalue weighted by atomic mass is 9.82. The third kappa shape index (κ3) is 6.10. The average Bonchev–Trinajstić information content (AvgIpc) is 3.68. The largest absolute Gasteiger partial charge is 0.474 e. The van der Waals surface area contributed by atoms with Crippen LogP contribution in [-0.2, 0) is 18.3 Å². The minimum atomic E-state index is -4.71. The van der Waals surface area contributed by atoms with Crippen molar-refractivity contribution in [3.63, 3.8) is 0 Å². The van der Waals surface area contributed by atoms with Crippen LogP contribution < -0.4 is 10.1 Å². The first-order valence-electron chi connectivity index (χ1n) is 14.6. The summed E-state index contributed by atoms with van der Waals surface area (Å²) in [7, 11) is 0. The van der Waals surface area contributed by atoms with Crippen molar-refractivity contribution in [3.8, 4) is 23.2 Å². The fourth-order valence-corrected chi connectivity index (χ4v) is 6.05. The number of hydrogen-bond donors (Lipinski definition) is 3. The first-order valence-corrected chi connectivity index (χ1v) is 14.6. The molecule has 1 atom stereocenters. The minimum absolute atomic E-state index is 0.0447. The van der Waals surface area contributed by atoms with Crippen LogP contribution in [0.25, 0.3) is 22.3 Å². The minimum Gasteiger partial charge on any atom is -0.474 e. The summed E-state index contributed by atoms with van der Waals surface area (Å²) >= 11 is 0. The quantitative estimate of drug-likeness (QED) is 0.243. The molecule has 0 spiro atoms. The molecule has 0 bridgehead atoms. The van der Waals surface area contributed by atoms with Crippen LogP contribution in [0.5, 0.6) is 5.88 Å². The highest BCUT2D eigenvalue weighted by molar-refractivity contribution is 5.90. The van der Waals surface area contributed by atoms with Gasteiger partial charge in [-0.2, -0.15) is 28.5 Å². The fraction of sp³-hybridized carbons (Fsp3) is 0.517. The molecule has 2 fully saturated rings. The topological polar surface area (TPSA) is 154 Å². The van der Waals surface area contributed by atoms with Gasteiger partial charge in [-0.05, 0) is 38.7 Å². The van der Waals surface area contributed by atoms with Crippen LogP contribution in [0, 0.1) is 11.3 Å². The van der Waals surface area contributed by atoms with E-state index >= 15 is 0 Å². The number of H-pyrrole nitrogens is 1. The van der Waals surface area contributed by atoms with Gasteiger partial charge >= 0.3 is 6.18 Å². The molecule has 4 aromatic heterocycles. The highest BCUT2D eigenvalue weighted by Gasteiger charge is 2.48. The summed E-state index contributed by atoms with van der Waals surface area (Å²) in [6.45, 7) is 2.96. The van der Waals surface area contributed by atoms with Gasteiger partial charge in [0.15, 0.2) is 0 Å². The van der Waals surface area contributed by atoms with Crippen LogP contribution in [0.3, 0.4) is 0 Å². The zero-order valence-corrected chi connectivity index (χ0v) is 24.1. The Morgan fingerprint density at radius 2 is 2.02 bits per heavy atom. The van der Waals surface area contributed by atoms with E-state index < -0.39 is 17.5 Å². The molecule has 1 saturated heterocycles. The summed E-state index contributed by atoms with van der Waals surface area (Å²) in [4.78, 5) is 21.4.